The number of nitrogens with zero attached hydrogens (tertiary/aromatic N) is 1. The Kier molecular flexibility index (Phi) is 4.65. The zero-order chi connectivity index (χ0) is 18.1. The minimum atomic E-state index is -0.187. The van der Waals surface area contributed by atoms with Crippen LogP contribution in [-0.2, 0) is 0 Å². The van der Waals surface area contributed by atoms with Gasteiger partial charge >= 0.3 is 0 Å². The molecule has 26 heavy (non-hydrogen) atoms. The van der Waals surface area contributed by atoms with Crippen LogP contribution in [0.25, 0.3) is 22.6 Å². The van der Waals surface area contributed by atoms with E-state index in [0.29, 0.717) is 38.8 Å². The largest absolute Gasteiger partial charge is 0.436 e. The third kappa shape index (κ3) is 3.45. The lowest BCUT2D eigenvalue weighted by atomic mass is 10.1. The first-order chi connectivity index (χ1) is 12.6. The molecule has 0 unspecified atom stereocenters. The van der Waals surface area contributed by atoms with Crippen LogP contribution in [0, 0.1) is 3.57 Å². The molecule has 6 heteroatoms. The molecule has 1 N–H and O–H groups in total. The zero-order valence-corrected chi connectivity index (χ0v) is 16.3. The average molecular weight is 475 g/mol. The molecule has 4 nitrogen and oxygen atoms in total. The molecule has 0 aliphatic heterocycles. The summed E-state index contributed by atoms with van der Waals surface area (Å²) in [7, 11) is 0. The van der Waals surface area contributed by atoms with E-state index < -0.39 is 0 Å². The van der Waals surface area contributed by atoms with Crippen LogP contribution in [0.3, 0.4) is 0 Å². The van der Waals surface area contributed by atoms with Crippen LogP contribution in [0.15, 0.2) is 71.1 Å². The second kappa shape index (κ2) is 7.09. The number of para-hydroxylation sites is 1. The second-order valence-corrected chi connectivity index (χ2v) is 7.32. The van der Waals surface area contributed by atoms with E-state index >= 15 is 0 Å². The quantitative estimate of drug-likeness (QED) is 0.370. The molecule has 1 amide bonds. The van der Waals surface area contributed by atoms with Crippen molar-refractivity contribution in [2.45, 2.75) is 0 Å². The van der Waals surface area contributed by atoms with Crippen LogP contribution in [0.1, 0.15) is 10.4 Å². The Hall–Kier alpha value is -2.38. The molecule has 4 rings (SSSR count). The molecule has 1 aromatic heterocycles. The van der Waals surface area contributed by atoms with Gasteiger partial charge in [-0.25, -0.2) is 4.98 Å². The van der Waals surface area contributed by atoms with Gasteiger partial charge in [0.15, 0.2) is 5.58 Å². The monoisotopic (exact) mass is 474 g/mol. The van der Waals surface area contributed by atoms with Crippen LogP contribution in [0.4, 0.5) is 5.69 Å². The Labute approximate surface area is 168 Å². The van der Waals surface area contributed by atoms with Gasteiger partial charge in [-0.15, -0.1) is 0 Å². The van der Waals surface area contributed by atoms with Crippen molar-refractivity contribution >= 4 is 56.9 Å². The van der Waals surface area contributed by atoms with Crippen molar-refractivity contribution in [1.29, 1.82) is 0 Å². The number of oxazole rings is 1. The average Bonchev–Trinajstić information content (AvgIpc) is 3.05. The van der Waals surface area contributed by atoms with E-state index in [1.807, 2.05) is 36.4 Å². The summed E-state index contributed by atoms with van der Waals surface area (Å²) in [5.74, 6) is 0.244. The highest BCUT2D eigenvalue weighted by molar-refractivity contribution is 14.1. The number of benzene rings is 3. The lowest BCUT2D eigenvalue weighted by molar-refractivity contribution is 0.102. The maximum Gasteiger partial charge on any atom is 0.255 e. The van der Waals surface area contributed by atoms with E-state index in [4.69, 9.17) is 16.0 Å². The maximum absolute atomic E-state index is 12.5. The Morgan fingerprint density at radius 2 is 1.81 bits per heavy atom. The molecule has 128 valence electrons. The Balaban J connectivity index is 1.69. The van der Waals surface area contributed by atoms with Crippen molar-refractivity contribution in [3.8, 4) is 11.5 Å². The van der Waals surface area contributed by atoms with Gasteiger partial charge in [-0.3, -0.25) is 4.79 Å². The van der Waals surface area contributed by atoms with Gasteiger partial charge in [0.2, 0.25) is 5.89 Å². The lowest BCUT2D eigenvalue weighted by Gasteiger charge is -2.09. The lowest BCUT2D eigenvalue weighted by Crippen LogP contribution is -2.12. The summed E-state index contributed by atoms with van der Waals surface area (Å²) < 4.78 is 6.90. The molecular weight excluding hydrogens is 463 g/mol. The molecule has 0 spiro atoms. The van der Waals surface area contributed by atoms with Crippen LogP contribution in [0.2, 0.25) is 5.02 Å². The Bertz CT molecular complexity index is 1110. The normalized spacial score (nSPS) is 10.8. The fourth-order valence-corrected chi connectivity index (χ4v) is 3.12. The summed E-state index contributed by atoms with van der Waals surface area (Å²) in [5.41, 5.74) is 3.24. The van der Waals surface area contributed by atoms with E-state index in [2.05, 4.69) is 32.9 Å². The molecule has 0 aliphatic carbocycles. The number of amides is 1. The molecule has 0 atom stereocenters. The van der Waals surface area contributed by atoms with Crippen LogP contribution < -0.4 is 5.32 Å². The predicted molar refractivity (Wildman–Crippen MR) is 112 cm³/mol. The fourth-order valence-electron chi connectivity index (χ4n) is 2.59. The number of hydrogen-bond acceptors (Lipinski definition) is 3. The predicted octanol–water partition coefficient (Wildman–Crippen LogP) is 6.01. The molecule has 3 aromatic carbocycles. The van der Waals surface area contributed by atoms with Gasteiger partial charge in [-0.2, -0.15) is 0 Å². The maximum atomic E-state index is 12.5. The first-order valence-corrected chi connectivity index (χ1v) is 9.28. The minimum Gasteiger partial charge on any atom is -0.436 e. The summed E-state index contributed by atoms with van der Waals surface area (Å²) in [6.45, 7) is 0. The van der Waals surface area contributed by atoms with Crippen molar-refractivity contribution in [2.75, 3.05) is 5.32 Å². The number of fused-ring (bicyclic) bond motifs is 1. The molecule has 4 aromatic rings. The smallest absolute Gasteiger partial charge is 0.255 e. The molecule has 0 saturated carbocycles. The summed E-state index contributed by atoms with van der Waals surface area (Å²) >= 11 is 8.22. The minimum absolute atomic E-state index is 0.187. The highest BCUT2D eigenvalue weighted by Crippen LogP contribution is 2.31. The van der Waals surface area contributed by atoms with Gasteiger partial charge in [-0.05, 0) is 77.2 Å². The molecule has 0 bridgehead atoms. The summed E-state index contributed by atoms with van der Waals surface area (Å²) in [6.07, 6.45) is 0. The van der Waals surface area contributed by atoms with E-state index in [0.717, 1.165) is 3.57 Å². The van der Waals surface area contributed by atoms with Crippen molar-refractivity contribution in [2.24, 2.45) is 0 Å². The summed E-state index contributed by atoms with van der Waals surface area (Å²) in [4.78, 5) is 17.0. The second-order valence-electron chi connectivity index (χ2n) is 5.64. The molecule has 0 saturated heterocycles. The Morgan fingerprint density at radius 1 is 1.04 bits per heavy atom. The SMILES string of the molecule is O=C(Nc1ccccc1-c1nc2cc(Cl)ccc2o1)c1ccc(I)cc1. The molecule has 0 aliphatic rings. The Morgan fingerprint density at radius 3 is 2.62 bits per heavy atom. The van der Waals surface area contributed by atoms with E-state index in [1.54, 1.807) is 30.3 Å². The fraction of sp³-hybridized carbons (Fsp3) is 0. The number of nitrogens with one attached hydrogen (secondary N) is 1. The van der Waals surface area contributed by atoms with Crippen molar-refractivity contribution in [1.82, 2.24) is 4.98 Å². The van der Waals surface area contributed by atoms with Crippen molar-refractivity contribution in [3.05, 3.63) is 80.9 Å². The number of carbonyl (C=O) groups excluding carboxylic acids is 1. The summed E-state index contributed by atoms with van der Waals surface area (Å²) in [6, 6.07) is 20.1. The molecular formula is C20H12ClIN2O2. The third-order valence-corrected chi connectivity index (χ3v) is 4.82. The van der Waals surface area contributed by atoms with Gasteiger partial charge in [0.25, 0.3) is 5.91 Å². The topological polar surface area (TPSA) is 55.1 Å². The number of rotatable bonds is 3. The van der Waals surface area contributed by atoms with Gasteiger partial charge < -0.3 is 9.73 Å². The van der Waals surface area contributed by atoms with Gasteiger partial charge in [0.1, 0.15) is 5.52 Å². The van der Waals surface area contributed by atoms with E-state index in [9.17, 15) is 4.79 Å². The number of hydrogen-bond donors (Lipinski definition) is 1. The highest BCUT2D eigenvalue weighted by atomic mass is 127. The van der Waals surface area contributed by atoms with Gasteiger partial charge in [-0.1, -0.05) is 23.7 Å². The van der Waals surface area contributed by atoms with Crippen LogP contribution in [-0.4, -0.2) is 10.9 Å². The molecule has 0 radical (unpaired) electrons. The number of anilines is 1. The van der Waals surface area contributed by atoms with Crippen LogP contribution >= 0.6 is 34.2 Å². The zero-order valence-electron chi connectivity index (χ0n) is 13.4. The number of carbonyl (C=O) groups is 1. The van der Waals surface area contributed by atoms with Gasteiger partial charge in [0, 0.05) is 14.2 Å². The first kappa shape index (κ1) is 17.1. The molecule has 0 fully saturated rings. The number of halogens is 2. The molecule has 1 heterocycles. The number of aromatic nitrogens is 1. The van der Waals surface area contributed by atoms with E-state index in [-0.39, 0.29) is 5.91 Å². The first-order valence-electron chi connectivity index (χ1n) is 7.82. The standard InChI is InChI=1S/C20H12ClIN2O2/c21-13-7-10-18-17(11-13)24-20(26-18)15-3-1-2-4-16(15)23-19(25)12-5-8-14(22)9-6-12/h1-11H,(H,23,25). The third-order valence-electron chi connectivity index (χ3n) is 3.86. The highest BCUT2D eigenvalue weighted by Gasteiger charge is 2.15. The van der Waals surface area contributed by atoms with Crippen molar-refractivity contribution in [3.63, 3.8) is 0 Å². The summed E-state index contributed by atoms with van der Waals surface area (Å²) in [5, 5.41) is 3.53. The van der Waals surface area contributed by atoms with E-state index in [1.165, 1.54) is 0 Å². The van der Waals surface area contributed by atoms with Gasteiger partial charge in [0.05, 0.1) is 11.3 Å². The van der Waals surface area contributed by atoms with Crippen LogP contribution in [0.5, 0.6) is 0 Å². The van der Waals surface area contributed by atoms with Crippen molar-refractivity contribution < 1.29 is 9.21 Å².